The number of nitrogens with zero attached hydrogens (tertiary/aromatic N) is 1. The Bertz CT molecular complexity index is 436. The fraction of sp³-hybridized carbons (Fsp3) is 0.500. The van der Waals surface area contributed by atoms with Gasteiger partial charge < -0.3 is 20.1 Å². The molecule has 104 valence electrons. The van der Waals surface area contributed by atoms with Crippen LogP contribution in [0.25, 0.3) is 0 Å². The summed E-state index contributed by atoms with van der Waals surface area (Å²) in [4.78, 5) is 13.7. The van der Waals surface area contributed by atoms with Crippen LogP contribution in [-0.2, 0) is 4.79 Å². The molecule has 1 aromatic carbocycles. The number of methoxy groups -OCH3 is 1. The van der Waals surface area contributed by atoms with E-state index >= 15 is 0 Å². The zero-order valence-electron chi connectivity index (χ0n) is 11.2. The van der Waals surface area contributed by atoms with Gasteiger partial charge in [0.05, 0.1) is 20.1 Å². The molecule has 2 N–H and O–H groups in total. The molecule has 19 heavy (non-hydrogen) atoms. The number of likely N-dealkylation sites (tertiary alicyclic amines) is 1. The van der Waals surface area contributed by atoms with Crippen molar-refractivity contribution in [2.75, 3.05) is 26.8 Å². The monoisotopic (exact) mass is 264 g/mol. The van der Waals surface area contributed by atoms with Crippen LogP contribution in [0.15, 0.2) is 24.3 Å². The Kier molecular flexibility index (Phi) is 4.63. The average molecular weight is 264 g/mol. The second kappa shape index (κ2) is 6.43. The number of carbonyl (C=O) groups is 1. The van der Waals surface area contributed by atoms with E-state index in [9.17, 15) is 4.79 Å². The lowest BCUT2D eigenvalue weighted by atomic mass is 10.3. The fourth-order valence-corrected chi connectivity index (χ4v) is 2.16. The Morgan fingerprint density at radius 1 is 1.42 bits per heavy atom. The van der Waals surface area contributed by atoms with Gasteiger partial charge in [-0.1, -0.05) is 12.1 Å². The van der Waals surface area contributed by atoms with Crippen LogP contribution >= 0.6 is 0 Å². The van der Waals surface area contributed by atoms with Gasteiger partial charge in [0.1, 0.15) is 0 Å². The van der Waals surface area contributed by atoms with Crippen LogP contribution in [0.5, 0.6) is 11.5 Å². The predicted molar refractivity (Wildman–Crippen MR) is 72.3 cm³/mol. The van der Waals surface area contributed by atoms with Gasteiger partial charge in [0.2, 0.25) is 5.91 Å². The van der Waals surface area contributed by atoms with Crippen LogP contribution in [0.2, 0.25) is 0 Å². The zero-order chi connectivity index (χ0) is 13.7. The molecular weight excluding hydrogens is 244 g/mol. The van der Waals surface area contributed by atoms with E-state index in [4.69, 9.17) is 15.2 Å². The van der Waals surface area contributed by atoms with Gasteiger partial charge in [-0.05, 0) is 18.6 Å². The van der Waals surface area contributed by atoms with Crippen molar-refractivity contribution in [1.29, 1.82) is 0 Å². The summed E-state index contributed by atoms with van der Waals surface area (Å²) in [7, 11) is 1.60. The van der Waals surface area contributed by atoms with Crippen molar-refractivity contribution in [2.24, 2.45) is 5.73 Å². The van der Waals surface area contributed by atoms with E-state index < -0.39 is 0 Å². The third-order valence-corrected chi connectivity index (χ3v) is 3.22. The predicted octanol–water partition coefficient (Wildman–Crippen LogP) is 1.02. The lowest BCUT2D eigenvalue weighted by Gasteiger charge is -2.16. The lowest BCUT2D eigenvalue weighted by molar-refractivity contribution is -0.130. The van der Waals surface area contributed by atoms with E-state index in [1.165, 1.54) is 0 Å². The molecule has 1 heterocycles. The highest BCUT2D eigenvalue weighted by atomic mass is 16.5. The first kappa shape index (κ1) is 13.7. The number of ether oxygens (including phenoxy) is 2. The summed E-state index contributed by atoms with van der Waals surface area (Å²) in [5, 5.41) is 0. The molecule has 1 amide bonds. The molecule has 0 bridgehead atoms. The third-order valence-electron chi connectivity index (χ3n) is 3.22. The minimum Gasteiger partial charge on any atom is -0.493 e. The number of benzene rings is 1. The molecule has 5 heteroatoms. The molecule has 0 spiro atoms. The summed E-state index contributed by atoms with van der Waals surface area (Å²) < 4.78 is 10.8. The van der Waals surface area contributed by atoms with Crippen LogP contribution < -0.4 is 15.2 Å². The van der Waals surface area contributed by atoms with Gasteiger partial charge in [0, 0.05) is 19.1 Å². The molecule has 2 rings (SSSR count). The number of nitrogens with two attached hydrogens (primary N) is 1. The van der Waals surface area contributed by atoms with Crippen molar-refractivity contribution in [3.63, 3.8) is 0 Å². The number of hydrogen-bond acceptors (Lipinski definition) is 4. The molecule has 0 unspecified atom stereocenters. The first-order valence-corrected chi connectivity index (χ1v) is 6.50. The maximum absolute atomic E-state index is 11.9. The van der Waals surface area contributed by atoms with Gasteiger partial charge >= 0.3 is 0 Å². The largest absolute Gasteiger partial charge is 0.493 e. The van der Waals surface area contributed by atoms with E-state index in [2.05, 4.69) is 0 Å². The van der Waals surface area contributed by atoms with Crippen LogP contribution in [0.3, 0.4) is 0 Å². The van der Waals surface area contributed by atoms with Crippen molar-refractivity contribution in [3.05, 3.63) is 24.3 Å². The van der Waals surface area contributed by atoms with E-state index in [1.807, 2.05) is 24.3 Å². The fourth-order valence-electron chi connectivity index (χ4n) is 2.16. The minimum atomic E-state index is 0.0999. The summed E-state index contributed by atoms with van der Waals surface area (Å²) in [6.45, 7) is 1.77. The second-order valence-electron chi connectivity index (χ2n) is 4.64. The quantitative estimate of drug-likeness (QED) is 0.862. The van der Waals surface area contributed by atoms with E-state index in [-0.39, 0.29) is 11.9 Å². The molecule has 0 aliphatic carbocycles. The highest BCUT2D eigenvalue weighted by molar-refractivity contribution is 5.76. The summed E-state index contributed by atoms with van der Waals surface area (Å²) in [5.41, 5.74) is 5.78. The SMILES string of the molecule is COc1ccccc1OCCC(=O)N1CC[C@@H](N)C1. The molecule has 5 nitrogen and oxygen atoms in total. The standard InChI is InChI=1S/C14H20N2O3/c1-18-12-4-2-3-5-13(12)19-9-7-14(17)16-8-6-11(15)10-16/h2-5,11H,6-10,15H2,1H3/t11-/m1/s1. The van der Waals surface area contributed by atoms with Gasteiger partial charge in [-0.15, -0.1) is 0 Å². The molecule has 0 radical (unpaired) electrons. The Hall–Kier alpha value is -1.75. The lowest BCUT2D eigenvalue weighted by Crippen LogP contribution is -2.32. The summed E-state index contributed by atoms with van der Waals surface area (Å²) in [5.74, 6) is 1.44. The number of hydrogen-bond donors (Lipinski definition) is 1. The number of carbonyl (C=O) groups excluding carboxylic acids is 1. The Labute approximate surface area is 113 Å². The Morgan fingerprint density at radius 3 is 2.79 bits per heavy atom. The maximum atomic E-state index is 11.9. The van der Waals surface area contributed by atoms with Crippen molar-refractivity contribution < 1.29 is 14.3 Å². The van der Waals surface area contributed by atoms with Gasteiger partial charge in [-0.2, -0.15) is 0 Å². The molecule has 1 fully saturated rings. The van der Waals surface area contributed by atoms with Crippen molar-refractivity contribution in [1.82, 2.24) is 4.90 Å². The van der Waals surface area contributed by atoms with Crippen molar-refractivity contribution in [3.8, 4) is 11.5 Å². The molecule has 1 saturated heterocycles. The summed E-state index contributed by atoms with van der Waals surface area (Å²) in [6.07, 6.45) is 1.25. The van der Waals surface area contributed by atoms with Gasteiger partial charge in [0.25, 0.3) is 0 Å². The van der Waals surface area contributed by atoms with Crippen LogP contribution in [-0.4, -0.2) is 43.7 Å². The molecular formula is C14H20N2O3. The van der Waals surface area contributed by atoms with E-state index in [1.54, 1.807) is 12.0 Å². The molecule has 0 aromatic heterocycles. The number of rotatable bonds is 5. The van der Waals surface area contributed by atoms with Crippen LogP contribution in [0.1, 0.15) is 12.8 Å². The highest BCUT2D eigenvalue weighted by Gasteiger charge is 2.23. The van der Waals surface area contributed by atoms with E-state index in [0.29, 0.717) is 31.1 Å². The number of amides is 1. The normalized spacial score (nSPS) is 18.4. The summed E-state index contributed by atoms with van der Waals surface area (Å²) in [6, 6.07) is 7.53. The average Bonchev–Trinajstić information content (AvgIpc) is 2.86. The first-order valence-electron chi connectivity index (χ1n) is 6.50. The molecule has 1 aliphatic rings. The number of para-hydroxylation sites is 2. The zero-order valence-corrected chi connectivity index (χ0v) is 11.2. The van der Waals surface area contributed by atoms with Gasteiger partial charge in [-0.3, -0.25) is 4.79 Å². The highest BCUT2D eigenvalue weighted by Crippen LogP contribution is 2.25. The van der Waals surface area contributed by atoms with Crippen molar-refractivity contribution in [2.45, 2.75) is 18.9 Å². The van der Waals surface area contributed by atoms with Crippen molar-refractivity contribution >= 4 is 5.91 Å². The topological polar surface area (TPSA) is 64.8 Å². The van der Waals surface area contributed by atoms with Gasteiger partial charge in [0.15, 0.2) is 11.5 Å². The molecule has 0 saturated carbocycles. The maximum Gasteiger partial charge on any atom is 0.226 e. The first-order chi connectivity index (χ1) is 9.20. The second-order valence-corrected chi connectivity index (χ2v) is 4.64. The van der Waals surface area contributed by atoms with Gasteiger partial charge in [-0.25, -0.2) is 0 Å². The van der Waals surface area contributed by atoms with E-state index in [0.717, 1.165) is 13.0 Å². The third kappa shape index (κ3) is 3.61. The molecule has 1 atom stereocenters. The molecule has 1 aliphatic heterocycles. The minimum absolute atomic E-state index is 0.0999. The van der Waals surface area contributed by atoms with Crippen LogP contribution in [0, 0.1) is 0 Å². The van der Waals surface area contributed by atoms with Crippen LogP contribution in [0.4, 0.5) is 0 Å². The Morgan fingerprint density at radius 2 is 2.16 bits per heavy atom. The summed E-state index contributed by atoms with van der Waals surface area (Å²) >= 11 is 0. The molecule has 1 aromatic rings. The Balaban J connectivity index is 1.78. The smallest absolute Gasteiger partial charge is 0.226 e.